The maximum Gasteiger partial charge on any atom is 0.163 e. The topological polar surface area (TPSA) is 18.5 Å². The van der Waals surface area contributed by atoms with Gasteiger partial charge in [-0.3, -0.25) is 0 Å². The molecule has 0 fully saturated rings. The van der Waals surface area contributed by atoms with Gasteiger partial charge < -0.3 is 9.47 Å². The molecule has 0 saturated heterocycles. The Morgan fingerprint density at radius 3 is 2.11 bits per heavy atom. The molecule has 0 aliphatic carbocycles. The summed E-state index contributed by atoms with van der Waals surface area (Å²) in [5, 5.41) is 2.18. The Balaban J connectivity index is 2.37. The van der Waals surface area contributed by atoms with E-state index in [1.54, 1.807) is 6.92 Å². The second kappa shape index (κ2) is 6.38. The normalized spacial score (nSPS) is 9.26. The van der Waals surface area contributed by atoms with Gasteiger partial charge in [0.05, 0.1) is 0 Å². The molecule has 0 saturated carbocycles. The predicted octanol–water partition coefficient (Wildman–Crippen LogP) is 3.25. The van der Waals surface area contributed by atoms with Gasteiger partial charge in [0.25, 0.3) is 0 Å². The number of hydrogen-bond donors (Lipinski definition) is 0. The minimum atomic E-state index is 0.216. The second-order valence-corrected chi connectivity index (χ2v) is 3.85. The first-order valence-corrected chi connectivity index (χ1v) is 5.96. The SMILES string of the molecule is C#CCOc1cc2ccccc2cc1OCC#CC. The first kappa shape index (κ1) is 12.9. The van der Waals surface area contributed by atoms with Gasteiger partial charge in [0.1, 0.15) is 13.2 Å². The van der Waals surface area contributed by atoms with Gasteiger partial charge in [-0.2, -0.15) is 0 Å². The van der Waals surface area contributed by atoms with Crippen LogP contribution in [0, 0.1) is 24.2 Å². The minimum absolute atomic E-state index is 0.216. The molecular weight excluding hydrogens is 236 g/mol. The zero-order valence-corrected chi connectivity index (χ0v) is 10.8. The van der Waals surface area contributed by atoms with E-state index in [1.165, 1.54) is 0 Å². The largest absolute Gasteiger partial charge is 0.477 e. The van der Waals surface area contributed by atoms with E-state index >= 15 is 0 Å². The third-order valence-corrected chi connectivity index (χ3v) is 2.60. The van der Waals surface area contributed by atoms with Crippen LogP contribution in [0.2, 0.25) is 0 Å². The van der Waals surface area contributed by atoms with Gasteiger partial charge in [-0.1, -0.05) is 36.1 Å². The summed E-state index contributed by atoms with van der Waals surface area (Å²) < 4.78 is 11.1. The van der Waals surface area contributed by atoms with Crippen molar-refractivity contribution in [2.45, 2.75) is 6.92 Å². The molecule has 0 aliphatic rings. The van der Waals surface area contributed by atoms with Crippen molar-refractivity contribution in [1.29, 1.82) is 0 Å². The molecule has 0 amide bonds. The van der Waals surface area contributed by atoms with Crippen molar-refractivity contribution in [3.05, 3.63) is 36.4 Å². The lowest BCUT2D eigenvalue weighted by Crippen LogP contribution is -2.00. The summed E-state index contributed by atoms with van der Waals surface area (Å²) >= 11 is 0. The zero-order chi connectivity index (χ0) is 13.5. The quantitative estimate of drug-likeness (QED) is 0.775. The highest BCUT2D eigenvalue weighted by Crippen LogP contribution is 2.32. The fourth-order valence-corrected chi connectivity index (χ4v) is 1.73. The van der Waals surface area contributed by atoms with Crippen molar-refractivity contribution < 1.29 is 9.47 Å². The van der Waals surface area contributed by atoms with Crippen LogP contribution in [-0.2, 0) is 0 Å². The highest BCUT2D eigenvalue weighted by atomic mass is 16.5. The van der Waals surface area contributed by atoms with Crippen LogP contribution in [0.1, 0.15) is 6.92 Å². The van der Waals surface area contributed by atoms with E-state index in [0.717, 1.165) is 10.8 Å². The van der Waals surface area contributed by atoms with E-state index in [-0.39, 0.29) is 6.61 Å². The average Bonchev–Trinajstić information content (AvgIpc) is 2.45. The minimum Gasteiger partial charge on any atom is -0.477 e. The molecule has 0 spiro atoms. The van der Waals surface area contributed by atoms with E-state index < -0.39 is 0 Å². The van der Waals surface area contributed by atoms with Crippen LogP contribution in [0.5, 0.6) is 11.5 Å². The molecule has 0 aromatic heterocycles. The number of fused-ring (bicyclic) bond motifs is 1. The molecule has 2 heteroatoms. The first-order chi connectivity index (χ1) is 9.35. The molecule has 0 heterocycles. The summed E-state index contributed by atoms with van der Waals surface area (Å²) in [7, 11) is 0. The van der Waals surface area contributed by atoms with Gasteiger partial charge in [0, 0.05) is 0 Å². The summed E-state index contributed by atoms with van der Waals surface area (Å²) in [6, 6.07) is 11.9. The molecule has 19 heavy (non-hydrogen) atoms. The van der Waals surface area contributed by atoms with Crippen LogP contribution in [0.25, 0.3) is 10.8 Å². The molecule has 0 atom stereocenters. The van der Waals surface area contributed by atoms with Crippen LogP contribution in [-0.4, -0.2) is 13.2 Å². The van der Waals surface area contributed by atoms with Crippen molar-refractivity contribution in [2.75, 3.05) is 13.2 Å². The Hall–Kier alpha value is -2.58. The lowest BCUT2D eigenvalue weighted by atomic mass is 10.1. The Bertz CT molecular complexity index is 669. The van der Waals surface area contributed by atoms with Crippen molar-refractivity contribution in [2.24, 2.45) is 0 Å². The number of benzene rings is 2. The first-order valence-electron chi connectivity index (χ1n) is 5.96. The lowest BCUT2D eigenvalue weighted by molar-refractivity contribution is 0.315. The van der Waals surface area contributed by atoms with Crippen molar-refractivity contribution in [3.8, 4) is 35.7 Å². The molecule has 0 N–H and O–H groups in total. The van der Waals surface area contributed by atoms with Crippen molar-refractivity contribution in [1.82, 2.24) is 0 Å². The monoisotopic (exact) mass is 250 g/mol. The second-order valence-electron chi connectivity index (χ2n) is 3.85. The van der Waals surface area contributed by atoms with Crippen LogP contribution < -0.4 is 9.47 Å². The van der Waals surface area contributed by atoms with Gasteiger partial charge in [0.15, 0.2) is 11.5 Å². The van der Waals surface area contributed by atoms with E-state index in [4.69, 9.17) is 15.9 Å². The molecule has 0 unspecified atom stereocenters. The summed E-state index contributed by atoms with van der Waals surface area (Å²) in [5.74, 6) is 9.41. The molecule has 0 radical (unpaired) electrons. The Kier molecular flexibility index (Phi) is 4.32. The van der Waals surface area contributed by atoms with E-state index in [0.29, 0.717) is 18.1 Å². The molecule has 0 aliphatic heterocycles. The molecule has 2 aromatic rings. The van der Waals surface area contributed by atoms with Gasteiger partial charge in [0.2, 0.25) is 0 Å². The molecule has 2 nitrogen and oxygen atoms in total. The summed E-state index contributed by atoms with van der Waals surface area (Å²) in [4.78, 5) is 0. The smallest absolute Gasteiger partial charge is 0.163 e. The van der Waals surface area contributed by atoms with Crippen molar-refractivity contribution >= 4 is 10.8 Å². The summed E-state index contributed by atoms with van der Waals surface area (Å²) in [6.45, 7) is 2.33. The Labute approximate surface area is 113 Å². The van der Waals surface area contributed by atoms with Gasteiger partial charge in [-0.05, 0) is 29.8 Å². The molecular formula is C17H14O2. The van der Waals surface area contributed by atoms with Crippen LogP contribution in [0.3, 0.4) is 0 Å². The number of rotatable bonds is 4. The average molecular weight is 250 g/mol. The van der Waals surface area contributed by atoms with Crippen LogP contribution in [0.15, 0.2) is 36.4 Å². The fourth-order valence-electron chi connectivity index (χ4n) is 1.73. The van der Waals surface area contributed by atoms with E-state index in [2.05, 4.69) is 17.8 Å². The Morgan fingerprint density at radius 1 is 1.00 bits per heavy atom. The van der Waals surface area contributed by atoms with Crippen molar-refractivity contribution in [3.63, 3.8) is 0 Å². The number of terminal acetylenes is 1. The van der Waals surface area contributed by atoms with Crippen LogP contribution >= 0.6 is 0 Å². The maximum absolute atomic E-state index is 5.62. The maximum atomic E-state index is 5.62. The molecule has 2 rings (SSSR count). The van der Waals surface area contributed by atoms with Crippen LogP contribution in [0.4, 0.5) is 0 Å². The lowest BCUT2D eigenvalue weighted by Gasteiger charge is -2.11. The van der Waals surface area contributed by atoms with E-state index in [9.17, 15) is 0 Å². The zero-order valence-electron chi connectivity index (χ0n) is 10.8. The summed E-state index contributed by atoms with van der Waals surface area (Å²) in [5.41, 5.74) is 0. The predicted molar refractivity (Wildman–Crippen MR) is 77.2 cm³/mol. The van der Waals surface area contributed by atoms with Gasteiger partial charge >= 0.3 is 0 Å². The molecule has 94 valence electrons. The number of ether oxygens (including phenoxy) is 2. The van der Waals surface area contributed by atoms with Gasteiger partial charge in [-0.15, -0.1) is 12.3 Å². The standard InChI is InChI=1S/C17H14O2/c1-3-5-11-19-17-13-15-9-7-6-8-14(15)12-16(17)18-10-4-2/h2,6-9,12-13H,10-11H2,1H3. The number of hydrogen-bond acceptors (Lipinski definition) is 2. The fraction of sp³-hybridized carbons (Fsp3) is 0.176. The summed E-state index contributed by atoms with van der Waals surface area (Å²) in [6.07, 6.45) is 5.22. The highest BCUT2D eigenvalue weighted by Gasteiger charge is 2.07. The molecule has 0 bridgehead atoms. The third kappa shape index (κ3) is 3.21. The van der Waals surface area contributed by atoms with E-state index in [1.807, 2.05) is 36.4 Å². The highest BCUT2D eigenvalue weighted by molar-refractivity contribution is 5.86. The Morgan fingerprint density at radius 2 is 1.58 bits per heavy atom. The van der Waals surface area contributed by atoms with Gasteiger partial charge in [-0.25, -0.2) is 0 Å². The molecule has 2 aromatic carbocycles. The third-order valence-electron chi connectivity index (χ3n) is 2.60.